The first-order valence-electron chi connectivity index (χ1n) is 6.14. The van der Waals surface area contributed by atoms with Crippen molar-refractivity contribution in [2.45, 2.75) is 31.7 Å². The van der Waals surface area contributed by atoms with Gasteiger partial charge < -0.3 is 10.1 Å². The van der Waals surface area contributed by atoms with Gasteiger partial charge in [-0.1, -0.05) is 18.2 Å². The molecule has 1 aliphatic rings. The van der Waals surface area contributed by atoms with E-state index in [0.717, 1.165) is 18.1 Å². The van der Waals surface area contributed by atoms with Gasteiger partial charge in [0.05, 0.1) is 7.11 Å². The molecule has 1 saturated carbocycles. The van der Waals surface area contributed by atoms with E-state index in [4.69, 9.17) is 4.74 Å². The quantitative estimate of drug-likeness (QED) is 0.794. The van der Waals surface area contributed by atoms with Crippen molar-refractivity contribution >= 4 is 0 Å². The monoisotopic (exact) mass is 219 g/mol. The maximum Gasteiger partial charge on any atom is 0.122 e. The van der Waals surface area contributed by atoms with Crippen LogP contribution in [0.5, 0.6) is 5.75 Å². The summed E-state index contributed by atoms with van der Waals surface area (Å²) in [5, 5.41) is 3.43. The van der Waals surface area contributed by atoms with Crippen LogP contribution < -0.4 is 10.1 Å². The summed E-state index contributed by atoms with van der Waals surface area (Å²) in [6.45, 7) is 0. The third kappa shape index (κ3) is 2.76. The predicted octanol–water partition coefficient (Wildman–Crippen LogP) is 2.63. The smallest absolute Gasteiger partial charge is 0.122 e. The van der Waals surface area contributed by atoms with Crippen LogP contribution in [0.4, 0.5) is 0 Å². The third-order valence-electron chi connectivity index (χ3n) is 3.48. The van der Waals surface area contributed by atoms with Crippen molar-refractivity contribution in [3.05, 3.63) is 29.8 Å². The molecule has 0 heterocycles. The normalized spacial score (nSPS) is 17.1. The van der Waals surface area contributed by atoms with Gasteiger partial charge in [0.15, 0.2) is 0 Å². The Balaban J connectivity index is 1.92. The second kappa shape index (κ2) is 5.35. The number of ether oxygens (including phenoxy) is 1. The highest BCUT2D eigenvalue weighted by atomic mass is 16.5. The van der Waals surface area contributed by atoms with Crippen LogP contribution in [-0.4, -0.2) is 20.2 Å². The van der Waals surface area contributed by atoms with E-state index >= 15 is 0 Å². The van der Waals surface area contributed by atoms with Crippen molar-refractivity contribution in [3.8, 4) is 5.75 Å². The van der Waals surface area contributed by atoms with Gasteiger partial charge in [0.2, 0.25) is 0 Å². The van der Waals surface area contributed by atoms with Gasteiger partial charge in [-0.05, 0) is 50.3 Å². The minimum absolute atomic E-state index is 0.685. The zero-order valence-electron chi connectivity index (χ0n) is 10.2. The van der Waals surface area contributed by atoms with Crippen molar-refractivity contribution in [3.63, 3.8) is 0 Å². The average Bonchev–Trinajstić information content (AvgIpc) is 3.15. The van der Waals surface area contributed by atoms with Gasteiger partial charge in [-0.25, -0.2) is 0 Å². The number of hydrogen-bond acceptors (Lipinski definition) is 2. The van der Waals surface area contributed by atoms with Crippen molar-refractivity contribution < 1.29 is 4.74 Å². The lowest BCUT2D eigenvalue weighted by Crippen LogP contribution is -2.27. The Labute approximate surface area is 98.0 Å². The van der Waals surface area contributed by atoms with Gasteiger partial charge in [0, 0.05) is 6.04 Å². The molecule has 1 N–H and O–H groups in total. The molecular weight excluding hydrogens is 198 g/mol. The molecule has 0 saturated heterocycles. The summed E-state index contributed by atoms with van der Waals surface area (Å²) in [4.78, 5) is 0. The van der Waals surface area contributed by atoms with Crippen LogP contribution in [0.2, 0.25) is 0 Å². The number of rotatable bonds is 6. The molecule has 2 rings (SSSR count). The number of benzene rings is 1. The molecular formula is C14H21NO. The Bertz CT molecular complexity index is 333. The number of aryl methyl sites for hydroxylation is 1. The average molecular weight is 219 g/mol. The van der Waals surface area contributed by atoms with Crippen LogP contribution in [0.15, 0.2) is 24.3 Å². The molecule has 88 valence electrons. The number of para-hydroxylation sites is 1. The zero-order chi connectivity index (χ0) is 11.4. The van der Waals surface area contributed by atoms with Crippen LogP contribution in [0.3, 0.4) is 0 Å². The molecule has 1 aliphatic carbocycles. The molecule has 1 atom stereocenters. The van der Waals surface area contributed by atoms with E-state index in [2.05, 4.69) is 24.5 Å². The minimum Gasteiger partial charge on any atom is -0.496 e. The van der Waals surface area contributed by atoms with Crippen molar-refractivity contribution in [2.75, 3.05) is 14.2 Å². The van der Waals surface area contributed by atoms with Crippen LogP contribution in [-0.2, 0) is 6.42 Å². The Morgan fingerprint density at radius 2 is 2.12 bits per heavy atom. The van der Waals surface area contributed by atoms with E-state index in [0.29, 0.717) is 6.04 Å². The molecule has 0 amide bonds. The summed E-state index contributed by atoms with van der Waals surface area (Å²) in [5.74, 6) is 1.94. The summed E-state index contributed by atoms with van der Waals surface area (Å²) in [6.07, 6.45) is 5.11. The maximum absolute atomic E-state index is 5.37. The summed E-state index contributed by atoms with van der Waals surface area (Å²) in [6, 6.07) is 9.01. The highest BCUT2D eigenvalue weighted by molar-refractivity contribution is 5.33. The Hall–Kier alpha value is -1.02. The van der Waals surface area contributed by atoms with Crippen LogP contribution >= 0.6 is 0 Å². The standard InChI is InChI=1S/C14H21NO/c1-15-13(11-7-8-11)10-9-12-5-3-4-6-14(12)16-2/h3-6,11,13,15H,7-10H2,1-2H3. The van der Waals surface area contributed by atoms with Crippen LogP contribution in [0.1, 0.15) is 24.8 Å². The summed E-state index contributed by atoms with van der Waals surface area (Å²) >= 11 is 0. The fraction of sp³-hybridized carbons (Fsp3) is 0.571. The van der Waals surface area contributed by atoms with Gasteiger partial charge in [0.25, 0.3) is 0 Å². The van der Waals surface area contributed by atoms with Gasteiger partial charge in [0.1, 0.15) is 5.75 Å². The second-order valence-electron chi connectivity index (χ2n) is 4.58. The first-order valence-corrected chi connectivity index (χ1v) is 6.14. The molecule has 1 aromatic carbocycles. The fourth-order valence-electron chi connectivity index (χ4n) is 2.33. The van der Waals surface area contributed by atoms with E-state index in [9.17, 15) is 0 Å². The minimum atomic E-state index is 0.685. The van der Waals surface area contributed by atoms with E-state index in [1.807, 2.05) is 12.1 Å². The number of hydrogen-bond donors (Lipinski definition) is 1. The second-order valence-corrected chi connectivity index (χ2v) is 4.58. The lowest BCUT2D eigenvalue weighted by molar-refractivity contribution is 0.405. The van der Waals surface area contributed by atoms with Crippen molar-refractivity contribution in [2.24, 2.45) is 5.92 Å². The lowest BCUT2D eigenvalue weighted by atomic mass is 10.0. The highest BCUT2D eigenvalue weighted by Crippen LogP contribution is 2.34. The van der Waals surface area contributed by atoms with E-state index in [1.165, 1.54) is 24.8 Å². The predicted molar refractivity (Wildman–Crippen MR) is 66.9 cm³/mol. The molecule has 1 fully saturated rings. The van der Waals surface area contributed by atoms with Crippen LogP contribution in [0, 0.1) is 5.92 Å². The highest BCUT2D eigenvalue weighted by Gasteiger charge is 2.29. The third-order valence-corrected chi connectivity index (χ3v) is 3.48. The summed E-state index contributed by atoms with van der Waals surface area (Å²) < 4.78 is 5.37. The van der Waals surface area contributed by atoms with Gasteiger partial charge >= 0.3 is 0 Å². The zero-order valence-corrected chi connectivity index (χ0v) is 10.2. The molecule has 1 unspecified atom stereocenters. The summed E-state index contributed by atoms with van der Waals surface area (Å²) in [7, 11) is 3.82. The molecule has 0 bridgehead atoms. The van der Waals surface area contributed by atoms with Crippen molar-refractivity contribution in [1.29, 1.82) is 0 Å². The van der Waals surface area contributed by atoms with Crippen molar-refractivity contribution in [1.82, 2.24) is 5.32 Å². The van der Waals surface area contributed by atoms with E-state index < -0.39 is 0 Å². The first kappa shape index (κ1) is 11.5. The first-order chi connectivity index (χ1) is 7.85. The number of nitrogens with one attached hydrogen (secondary N) is 1. The fourth-order valence-corrected chi connectivity index (χ4v) is 2.33. The molecule has 2 nitrogen and oxygen atoms in total. The largest absolute Gasteiger partial charge is 0.496 e. The Morgan fingerprint density at radius 3 is 2.75 bits per heavy atom. The topological polar surface area (TPSA) is 21.3 Å². The van der Waals surface area contributed by atoms with Crippen LogP contribution in [0.25, 0.3) is 0 Å². The molecule has 0 aromatic heterocycles. The van der Waals surface area contributed by atoms with Gasteiger partial charge in [-0.2, -0.15) is 0 Å². The van der Waals surface area contributed by atoms with E-state index in [1.54, 1.807) is 7.11 Å². The van der Waals surface area contributed by atoms with E-state index in [-0.39, 0.29) is 0 Å². The Kier molecular flexibility index (Phi) is 3.83. The molecule has 1 aromatic rings. The van der Waals surface area contributed by atoms with Gasteiger partial charge in [-0.15, -0.1) is 0 Å². The molecule has 2 heteroatoms. The van der Waals surface area contributed by atoms with Gasteiger partial charge in [-0.3, -0.25) is 0 Å². The molecule has 0 aliphatic heterocycles. The molecule has 16 heavy (non-hydrogen) atoms. The SMILES string of the molecule is CNC(CCc1ccccc1OC)C1CC1. The molecule has 0 spiro atoms. The number of methoxy groups -OCH3 is 1. The lowest BCUT2D eigenvalue weighted by Gasteiger charge is -2.16. The maximum atomic E-state index is 5.37. The Morgan fingerprint density at radius 1 is 1.38 bits per heavy atom. The molecule has 0 radical (unpaired) electrons. The summed E-state index contributed by atoms with van der Waals surface area (Å²) in [5.41, 5.74) is 1.32.